The first-order valence-electron chi connectivity index (χ1n) is 8.22. The number of rotatable bonds is 9. The van der Waals surface area contributed by atoms with Gasteiger partial charge in [-0.25, -0.2) is 9.59 Å². The molecule has 7 heteroatoms. The van der Waals surface area contributed by atoms with Crippen LogP contribution in [0.25, 0.3) is 11.0 Å². The molecule has 0 N–H and O–H groups in total. The van der Waals surface area contributed by atoms with Gasteiger partial charge in [0.25, 0.3) is 0 Å². The summed E-state index contributed by atoms with van der Waals surface area (Å²) in [6, 6.07) is 5.15. The summed E-state index contributed by atoms with van der Waals surface area (Å²) < 4.78 is 26.0. The fraction of sp³-hybridized carbons (Fsp3) is 0.368. The summed E-state index contributed by atoms with van der Waals surface area (Å²) in [5.74, 6) is 0.121. The first-order valence-corrected chi connectivity index (χ1v) is 8.22. The van der Waals surface area contributed by atoms with E-state index in [-0.39, 0.29) is 13.2 Å². The second-order valence-electron chi connectivity index (χ2n) is 5.29. The maximum atomic E-state index is 12.3. The molecule has 0 aliphatic rings. The summed E-state index contributed by atoms with van der Waals surface area (Å²) in [6.45, 7) is 4.44. The Kier molecular flexibility index (Phi) is 7.23. The minimum absolute atomic E-state index is 0.163. The Morgan fingerprint density at radius 3 is 2.73 bits per heavy atom. The third kappa shape index (κ3) is 5.10. The molecule has 0 atom stereocenters. The lowest BCUT2D eigenvalue weighted by Gasteiger charge is -2.05. The van der Waals surface area contributed by atoms with Gasteiger partial charge in [0.1, 0.15) is 35.9 Å². The standard InChI is InChI=1S/C19H22O7/c1-4-23-17(20)6-5-9-24-14-7-8-16-15(12-14)18(13(2)26-16)19(21)25-11-10-22-3/h5-8,12H,4,9-11H2,1-3H3. The number of aryl methyl sites for hydroxylation is 1. The van der Waals surface area contributed by atoms with Crippen LogP contribution in [-0.4, -0.2) is 45.5 Å². The zero-order chi connectivity index (χ0) is 18.9. The Balaban J connectivity index is 2.10. The molecule has 0 saturated carbocycles. The van der Waals surface area contributed by atoms with Crippen LogP contribution in [0, 0.1) is 6.92 Å². The van der Waals surface area contributed by atoms with Gasteiger partial charge in [-0.3, -0.25) is 0 Å². The Bertz CT molecular complexity index is 789. The van der Waals surface area contributed by atoms with Crippen LogP contribution < -0.4 is 4.74 Å². The molecule has 2 aromatic rings. The number of esters is 2. The third-order valence-electron chi connectivity index (χ3n) is 3.45. The van der Waals surface area contributed by atoms with Crippen molar-refractivity contribution in [2.24, 2.45) is 0 Å². The average Bonchev–Trinajstić information content (AvgIpc) is 2.94. The highest BCUT2D eigenvalue weighted by atomic mass is 16.6. The van der Waals surface area contributed by atoms with Crippen molar-refractivity contribution in [3.8, 4) is 5.75 Å². The lowest BCUT2D eigenvalue weighted by Crippen LogP contribution is -2.10. The molecule has 0 aliphatic heterocycles. The van der Waals surface area contributed by atoms with E-state index in [9.17, 15) is 9.59 Å². The van der Waals surface area contributed by atoms with Gasteiger partial charge in [0.15, 0.2) is 0 Å². The fourth-order valence-electron chi connectivity index (χ4n) is 2.31. The second-order valence-corrected chi connectivity index (χ2v) is 5.29. The van der Waals surface area contributed by atoms with Gasteiger partial charge in [-0.2, -0.15) is 0 Å². The van der Waals surface area contributed by atoms with Crippen LogP contribution in [0.4, 0.5) is 0 Å². The number of hydrogen-bond acceptors (Lipinski definition) is 7. The number of furan rings is 1. The molecular weight excluding hydrogens is 340 g/mol. The number of benzene rings is 1. The lowest BCUT2D eigenvalue weighted by molar-refractivity contribution is -0.137. The maximum Gasteiger partial charge on any atom is 0.342 e. The minimum Gasteiger partial charge on any atom is -0.490 e. The zero-order valence-electron chi connectivity index (χ0n) is 15.1. The number of carbonyl (C=O) groups excluding carboxylic acids is 2. The molecule has 2 rings (SSSR count). The molecule has 7 nitrogen and oxygen atoms in total. The average molecular weight is 362 g/mol. The van der Waals surface area contributed by atoms with E-state index in [1.165, 1.54) is 13.2 Å². The Morgan fingerprint density at radius 2 is 2.00 bits per heavy atom. The minimum atomic E-state index is -0.474. The van der Waals surface area contributed by atoms with Crippen molar-refractivity contribution in [3.05, 3.63) is 41.7 Å². The van der Waals surface area contributed by atoms with Gasteiger partial charge in [-0.05, 0) is 38.1 Å². The van der Waals surface area contributed by atoms with E-state index in [0.717, 1.165) is 0 Å². The third-order valence-corrected chi connectivity index (χ3v) is 3.45. The molecule has 0 amide bonds. The van der Waals surface area contributed by atoms with Gasteiger partial charge in [0.2, 0.25) is 0 Å². The van der Waals surface area contributed by atoms with Crippen LogP contribution in [0.1, 0.15) is 23.0 Å². The van der Waals surface area contributed by atoms with E-state index >= 15 is 0 Å². The molecule has 0 unspecified atom stereocenters. The van der Waals surface area contributed by atoms with Crippen LogP contribution in [-0.2, 0) is 19.0 Å². The summed E-state index contributed by atoms with van der Waals surface area (Å²) in [4.78, 5) is 23.5. The molecule has 1 aromatic heterocycles. The topological polar surface area (TPSA) is 84.2 Å². The van der Waals surface area contributed by atoms with E-state index in [1.54, 1.807) is 38.1 Å². The van der Waals surface area contributed by atoms with Gasteiger partial charge >= 0.3 is 11.9 Å². The SMILES string of the molecule is CCOC(=O)C=CCOc1ccc2oc(C)c(C(=O)OCCOC)c2c1. The molecular formula is C19H22O7. The highest BCUT2D eigenvalue weighted by Crippen LogP contribution is 2.29. The number of methoxy groups -OCH3 is 1. The smallest absolute Gasteiger partial charge is 0.342 e. The molecule has 0 fully saturated rings. The van der Waals surface area contributed by atoms with Crippen molar-refractivity contribution in [1.29, 1.82) is 0 Å². The van der Waals surface area contributed by atoms with Crippen LogP contribution in [0.3, 0.4) is 0 Å². The lowest BCUT2D eigenvalue weighted by atomic mass is 10.1. The highest BCUT2D eigenvalue weighted by molar-refractivity contribution is 6.04. The van der Waals surface area contributed by atoms with Gasteiger partial charge in [0, 0.05) is 18.6 Å². The first-order chi connectivity index (χ1) is 12.6. The van der Waals surface area contributed by atoms with Gasteiger partial charge in [-0.1, -0.05) is 0 Å². The molecule has 1 aromatic carbocycles. The molecule has 0 bridgehead atoms. The Morgan fingerprint density at radius 1 is 1.19 bits per heavy atom. The van der Waals surface area contributed by atoms with Crippen LogP contribution in [0.15, 0.2) is 34.8 Å². The number of ether oxygens (including phenoxy) is 4. The Hall–Kier alpha value is -2.80. The van der Waals surface area contributed by atoms with E-state index in [4.69, 9.17) is 23.4 Å². The maximum absolute atomic E-state index is 12.3. The molecule has 0 radical (unpaired) electrons. The van der Waals surface area contributed by atoms with Crippen molar-refractivity contribution in [3.63, 3.8) is 0 Å². The second kappa shape index (κ2) is 9.62. The summed E-state index contributed by atoms with van der Waals surface area (Å²) in [5.41, 5.74) is 0.930. The van der Waals surface area contributed by atoms with E-state index in [0.29, 0.717) is 41.3 Å². The van der Waals surface area contributed by atoms with Crippen LogP contribution >= 0.6 is 0 Å². The van der Waals surface area contributed by atoms with Gasteiger partial charge < -0.3 is 23.4 Å². The summed E-state index contributed by atoms with van der Waals surface area (Å²) in [6.07, 6.45) is 2.87. The van der Waals surface area contributed by atoms with Crippen LogP contribution in [0.2, 0.25) is 0 Å². The van der Waals surface area contributed by atoms with Gasteiger partial charge in [0.05, 0.1) is 13.2 Å². The zero-order valence-corrected chi connectivity index (χ0v) is 15.1. The van der Waals surface area contributed by atoms with Crippen LogP contribution in [0.5, 0.6) is 5.75 Å². The predicted molar refractivity (Wildman–Crippen MR) is 94.4 cm³/mol. The molecule has 0 aliphatic carbocycles. The normalized spacial score (nSPS) is 11.0. The van der Waals surface area contributed by atoms with E-state index in [2.05, 4.69) is 0 Å². The molecule has 0 spiro atoms. The van der Waals surface area contributed by atoms with Crippen molar-refractivity contribution in [2.45, 2.75) is 13.8 Å². The van der Waals surface area contributed by atoms with E-state index in [1.807, 2.05) is 0 Å². The summed E-state index contributed by atoms with van der Waals surface area (Å²) >= 11 is 0. The monoisotopic (exact) mass is 362 g/mol. The molecule has 1 heterocycles. The van der Waals surface area contributed by atoms with Crippen molar-refractivity contribution in [1.82, 2.24) is 0 Å². The van der Waals surface area contributed by atoms with Crippen molar-refractivity contribution < 1.29 is 33.0 Å². The van der Waals surface area contributed by atoms with E-state index < -0.39 is 11.9 Å². The first kappa shape index (κ1) is 19.5. The summed E-state index contributed by atoms with van der Waals surface area (Å²) in [7, 11) is 1.53. The molecule has 140 valence electrons. The molecule has 0 saturated heterocycles. The number of fused-ring (bicyclic) bond motifs is 1. The molecule has 26 heavy (non-hydrogen) atoms. The van der Waals surface area contributed by atoms with Crippen molar-refractivity contribution in [2.75, 3.05) is 33.5 Å². The Labute approximate surface area is 151 Å². The van der Waals surface area contributed by atoms with Gasteiger partial charge in [-0.15, -0.1) is 0 Å². The fourth-order valence-corrected chi connectivity index (χ4v) is 2.31. The summed E-state index contributed by atoms with van der Waals surface area (Å²) in [5, 5.41) is 0.608. The highest BCUT2D eigenvalue weighted by Gasteiger charge is 2.20. The predicted octanol–water partition coefficient (Wildman–Crippen LogP) is 3.04. The number of hydrogen-bond donors (Lipinski definition) is 0. The van der Waals surface area contributed by atoms with Crippen molar-refractivity contribution >= 4 is 22.9 Å². The quantitative estimate of drug-likeness (QED) is 0.385. The number of carbonyl (C=O) groups is 2. The largest absolute Gasteiger partial charge is 0.490 e.